The van der Waals surface area contributed by atoms with Crippen LogP contribution in [0.3, 0.4) is 0 Å². The zero-order chi connectivity index (χ0) is 23.1. The number of likely N-dealkylation sites (tertiary alicyclic amines) is 1. The van der Waals surface area contributed by atoms with Crippen LogP contribution >= 0.6 is 0 Å². The van der Waals surface area contributed by atoms with Crippen LogP contribution in [0, 0.1) is 5.92 Å². The summed E-state index contributed by atoms with van der Waals surface area (Å²) in [6, 6.07) is 0. The van der Waals surface area contributed by atoms with Gasteiger partial charge in [-0.2, -0.15) is 0 Å². The Morgan fingerprint density at radius 1 is 1.07 bits per heavy atom. The Balaban J connectivity index is 2.84. The molecule has 0 saturated carbocycles. The molecule has 0 spiro atoms. The molecule has 1 saturated heterocycles. The van der Waals surface area contributed by atoms with Gasteiger partial charge < -0.3 is 23.8 Å². The average molecular weight is 428 g/mol. The van der Waals surface area contributed by atoms with Gasteiger partial charge in [-0.1, -0.05) is 0 Å². The number of carbonyl (C=O) groups is 3. The molecule has 0 N–H and O–H groups in total. The molecule has 1 rings (SSSR count). The molecule has 0 bridgehead atoms. The molecule has 30 heavy (non-hydrogen) atoms. The zero-order valence-corrected chi connectivity index (χ0v) is 19.6. The van der Waals surface area contributed by atoms with Gasteiger partial charge in [0.25, 0.3) is 0 Å². The fourth-order valence-corrected chi connectivity index (χ4v) is 2.89. The van der Waals surface area contributed by atoms with E-state index in [1.165, 1.54) is 6.08 Å². The predicted molar refractivity (Wildman–Crippen MR) is 112 cm³/mol. The molecule has 1 unspecified atom stereocenters. The molecule has 0 aromatic rings. The topological polar surface area (TPSA) is 91.4 Å². The van der Waals surface area contributed by atoms with Gasteiger partial charge in [-0.25, -0.2) is 14.4 Å². The van der Waals surface area contributed by atoms with Gasteiger partial charge in [-0.05, 0) is 79.7 Å². The normalized spacial score (nSPS) is 18.9. The minimum atomic E-state index is -0.714. The summed E-state index contributed by atoms with van der Waals surface area (Å²) in [4.78, 5) is 38.0. The van der Waals surface area contributed by atoms with Crippen molar-refractivity contribution in [3.63, 3.8) is 0 Å². The van der Waals surface area contributed by atoms with E-state index in [2.05, 4.69) is 0 Å². The zero-order valence-electron chi connectivity index (χ0n) is 19.6. The highest BCUT2D eigenvalue weighted by Gasteiger charge is 2.31. The van der Waals surface area contributed by atoms with Crippen molar-refractivity contribution in [1.82, 2.24) is 4.90 Å². The molecule has 1 atom stereocenters. The first-order valence-electron chi connectivity index (χ1n) is 10.4. The summed E-state index contributed by atoms with van der Waals surface area (Å²) in [5.41, 5.74) is -0.470. The molecule has 172 valence electrons. The maximum Gasteiger partial charge on any atom is 0.508 e. The van der Waals surface area contributed by atoms with Gasteiger partial charge in [0.05, 0.1) is 12.7 Å². The molecule has 1 heterocycles. The van der Waals surface area contributed by atoms with Gasteiger partial charge in [0, 0.05) is 19.2 Å². The lowest BCUT2D eigenvalue weighted by Crippen LogP contribution is -2.43. The summed E-state index contributed by atoms with van der Waals surface area (Å²) in [6.07, 6.45) is 1.19. The molecule has 0 aromatic heterocycles. The Kier molecular flexibility index (Phi) is 9.18. The Morgan fingerprint density at radius 2 is 1.67 bits per heavy atom. The second-order valence-electron chi connectivity index (χ2n) is 9.69. The van der Waals surface area contributed by atoms with E-state index in [0.29, 0.717) is 19.4 Å². The van der Waals surface area contributed by atoms with Crippen LogP contribution in [0.25, 0.3) is 0 Å². The first-order chi connectivity index (χ1) is 13.7. The lowest BCUT2D eigenvalue weighted by atomic mass is 9.88. The van der Waals surface area contributed by atoms with E-state index in [0.717, 1.165) is 5.57 Å². The van der Waals surface area contributed by atoms with Gasteiger partial charge in [0.2, 0.25) is 0 Å². The second-order valence-corrected chi connectivity index (χ2v) is 9.69. The number of rotatable bonds is 5. The maximum absolute atomic E-state index is 12.5. The van der Waals surface area contributed by atoms with Crippen molar-refractivity contribution >= 4 is 18.2 Å². The van der Waals surface area contributed by atoms with Crippen LogP contribution in [0.4, 0.5) is 9.59 Å². The highest BCUT2D eigenvalue weighted by atomic mass is 16.7. The van der Waals surface area contributed by atoms with Gasteiger partial charge in [-0.15, -0.1) is 0 Å². The lowest BCUT2D eigenvalue weighted by molar-refractivity contribution is -0.148. The number of carbonyl (C=O) groups excluding carboxylic acids is 3. The van der Waals surface area contributed by atoms with Gasteiger partial charge in [-0.3, -0.25) is 0 Å². The molecular formula is C22H37NO7. The van der Waals surface area contributed by atoms with Crippen molar-refractivity contribution in [1.29, 1.82) is 0 Å². The van der Waals surface area contributed by atoms with Crippen LogP contribution in [0.2, 0.25) is 0 Å². The number of hydrogen-bond acceptors (Lipinski definition) is 7. The van der Waals surface area contributed by atoms with Gasteiger partial charge in [0.15, 0.2) is 0 Å². The Labute approximate surface area is 179 Å². The number of ether oxygens (including phenoxy) is 4. The molecule has 1 aliphatic heterocycles. The molecule has 1 aliphatic rings. The fraction of sp³-hybridized carbons (Fsp3) is 0.773. The summed E-state index contributed by atoms with van der Waals surface area (Å²) in [5, 5.41) is 0. The summed E-state index contributed by atoms with van der Waals surface area (Å²) in [7, 11) is 0. The largest absolute Gasteiger partial charge is 0.508 e. The second kappa shape index (κ2) is 10.7. The number of esters is 1. The van der Waals surface area contributed by atoms with Gasteiger partial charge in [0.1, 0.15) is 11.2 Å². The Hall–Kier alpha value is -2.25. The van der Waals surface area contributed by atoms with Crippen LogP contribution in [0.5, 0.6) is 0 Å². The fourth-order valence-electron chi connectivity index (χ4n) is 2.89. The molecular weight excluding hydrogens is 390 g/mol. The molecule has 8 nitrogen and oxygen atoms in total. The van der Waals surface area contributed by atoms with Gasteiger partial charge >= 0.3 is 18.2 Å². The Morgan fingerprint density at radius 3 is 2.20 bits per heavy atom. The molecule has 8 heteroatoms. The van der Waals surface area contributed by atoms with Crippen molar-refractivity contribution in [2.45, 2.75) is 85.5 Å². The molecule has 0 aliphatic carbocycles. The number of piperidine rings is 1. The van der Waals surface area contributed by atoms with E-state index in [9.17, 15) is 14.4 Å². The molecule has 0 radical (unpaired) electrons. The minimum absolute atomic E-state index is 0.0249. The number of hydrogen-bond donors (Lipinski definition) is 0. The SMILES string of the molecule is CC(C)OC(=O)OCCC1CCN(C(=O)OC(C)(C)C)C/C1=C\C(=O)OC(C)(C)C. The average Bonchev–Trinajstić information content (AvgIpc) is 2.51. The quantitative estimate of drug-likeness (QED) is 0.363. The molecule has 0 aromatic carbocycles. The standard InChI is InChI=1S/C22H37NO7/c1-15(2)28-20(26)27-12-10-16-9-11-23(19(25)30-22(6,7)8)14-17(16)13-18(24)29-21(3,4)5/h13,15-16H,9-12,14H2,1-8H3/b17-13+. The van der Waals surface area contributed by atoms with E-state index in [1.807, 2.05) is 20.8 Å². The van der Waals surface area contributed by atoms with E-state index in [4.69, 9.17) is 18.9 Å². The molecule has 1 amide bonds. The first kappa shape index (κ1) is 25.8. The van der Waals surface area contributed by atoms with Crippen LogP contribution in [-0.4, -0.2) is 60.1 Å². The van der Waals surface area contributed by atoms with E-state index < -0.39 is 29.4 Å². The van der Waals surface area contributed by atoms with Crippen LogP contribution < -0.4 is 0 Å². The lowest BCUT2D eigenvalue weighted by Gasteiger charge is -2.35. The van der Waals surface area contributed by atoms with E-state index in [1.54, 1.807) is 39.5 Å². The number of amides is 1. The van der Waals surface area contributed by atoms with Crippen LogP contribution in [0.1, 0.15) is 68.2 Å². The highest BCUT2D eigenvalue weighted by Crippen LogP contribution is 2.28. The van der Waals surface area contributed by atoms with Crippen molar-refractivity contribution in [2.75, 3.05) is 19.7 Å². The summed E-state index contributed by atoms with van der Waals surface area (Å²) < 4.78 is 20.9. The third-order valence-corrected chi connectivity index (χ3v) is 4.03. The smallest absolute Gasteiger partial charge is 0.457 e. The van der Waals surface area contributed by atoms with Crippen molar-refractivity contribution in [3.05, 3.63) is 11.6 Å². The highest BCUT2D eigenvalue weighted by molar-refractivity contribution is 5.83. The predicted octanol–water partition coefficient (Wildman–Crippen LogP) is 4.46. The van der Waals surface area contributed by atoms with Crippen molar-refractivity contribution < 1.29 is 33.3 Å². The van der Waals surface area contributed by atoms with Crippen molar-refractivity contribution in [3.8, 4) is 0 Å². The first-order valence-corrected chi connectivity index (χ1v) is 10.4. The molecule has 1 fully saturated rings. The maximum atomic E-state index is 12.5. The third kappa shape index (κ3) is 10.5. The summed E-state index contributed by atoms with van der Waals surface area (Å²) in [6.45, 7) is 15.2. The summed E-state index contributed by atoms with van der Waals surface area (Å²) in [5.74, 6) is -0.489. The van der Waals surface area contributed by atoms with Crippen LogP contribution in [0.15, 0.2) is 11.6 Å². The Bertz CT molecular complexity index is 641. The van der Waals surface area contributed by atoms with Crippen LogP contribution in [-0.2, 0) is 23.7 Å². The number of nitrogens with zero attached hydrogens (tertiary/aromatic N) is 1. The van der Waals surface area contributed by atoms with Crippen molar-refractivity contribution in [2.24, 2.45) is 5.92 Å². The van der Waals surface area contributed by atoms with E-state index in [-0.39, 0.29) is 25.2 Å². The monoisotopic (exact) mass is 427 g/mol. The minimum Gasteiger partial charge on any atom is -0.457 e. The van der Waals surface area contributed by atoms with E-state index >= 15 is 0 Å². The third-order valence-electron chi connectivity index (χ3n) is 4.03. The summed E-state index contributed by atoms with van der Waals surface area (Å²) >= 11 is 0.